The normalized spacial score (nSPS) is 11.0. The van der Waals surface area contributed by atoms with E-state index in [4.69, 9.17) is 4.42 Å². The van der Waals surface area contributed by atoms with E-state index >= 15 is 0 Å². The smallest absolute Gasteiger partial charge is 0.258 e. The summed E-state index contributed by atoms with van der Waals surface area (Å²) in [5, 5.41) is 4.84. The topological polar surface area (TPSA) is 58.0 Å². The summed E-state index contributed by atoms with van der Waals surface area (Å²) in [6.07, 6.45) is 1.86. The number of H-pyrrole nitrogens is 1. The minimum Gasteiger partial charge on any atom is -0.456 e. The number of rotatable bonds is 3. The maximum atomic E-state index is 12.4. The van der Waals surface area contributed by atoms with Gasteiger partial charge in [-0.05, 0) is 36.4 Å². The zero-order valence-electron chi connectivity index (χ0n) is 12.3. The number of carbonyl (C=O) groups is 1. The molecule has 0 aliphatic heterocycles. The van der Waals surface area contributed by atoms with Crippen molar-refractivity contribution in [2.45, 2.75) is 0 Å². The van der Waals surface area contributed by atoms with Gasteiger partial charge >= 0.3 is 0 Å². The molecule has 4 heteroatoms. The van der Waals surface area contributed by atoms with E-state index < -0.39 is 0 Å². The molecule has 0 aliphatic rings. The number of anilines is 1. The first-order valence-corrected chi connectivity index (χ1v) is 7.27. The Labute approximate surface area is 132 Å². The molecule has 0 saturated carbocycles. The van der Waals surface area contributed by atoms with Crippen LogP contribution in [-0.4, -0.2) is 10.9 Å². The molecule has 0 spiro atoms. The maximum Gasteiger partial charge on any atom is 0.258 e. The third-order valence-corrected chi connectivity index (χ3v) is 3.81. The molecule has 2 aromatic carbocycles. The number of amides is 1. The van der Waals surface area contributed by atoms with Crippen molar-refractivity contribution in [3.8, 4) is 0 Å². The monoisotopic (exact) mass is 302 g/mol. The van der Waals surface area contributed by atoms with Crippen LogP contribution in [0.25, 0.3) is 27.4 Å². The Kier molecular flexibility index (Phi) is 3.01. The number of hydrogen-bond donors (Lipinski definition) is 2. The number of benzene rings is 2. The first kappa shape index (κ1) is 13.4. The fourth-order valence-electron chi connectivity index (χ4n) is 2.58. The van der Waals surface area contributed by atoms with Gasteiger partial charge in [0.2, 0.25) is 0 Å². The Morgan fingerprint density at radius 3 is 2.78 bits per heavy atom. The number of furan rings is 1. The Morgan fingerprint density at radius 1 is 1.04 bits per heavy atom. The molecule has 2 N–H and O–H groups in total. The molecule has 0 saturated heterocycles. The van der Waals surface area contributed by atoms with Crippen LogP contribution in [0.3, 0.4) is 0 Å². The van der Waals surface area contributed by atoms with E-state index in [-0.39, 0.29) is 5.91 Å². The predicted octanol–water partition coefficient (Wildman–Crippen LogP) is 4.57. The second-order valence-corrected chi connectivity index (χ2v) is 5.36. The van der Waals surface area contributed by atoms with Gasteiger partial charge in [-0.3, -0.25) is 4.79 Å². The zero-order valence-corrected chi connectivity index (χ0v) is 12.3. The largest absolute Gasteiger partial charge is 0.456 e. The van der Waals surface area contributed by atoms with Gasteiger partial charge in [-0.15, -0.1) is 0 Å². The van der Waals surface area contributed by atoms with Gasteiger partial charge in [0, 0.05) is 28.2 Å². The van der Waals surface area contributed by atoms with Crippen molar-refractivity contribution >= 4 is 39.0 Å². The maximum absolute atomic E-state index is 12.4. The molecule has 0 bridgehead atoms. The lowest BCUT2D eigenvalue weighted by atomic mass is 10.2. The summed E-state index contributed by atoms with van der Waals surface area (Å²) in [5.41, 5.74) is 2.79. The number of hydrogen-bond acceptors (Lipinski definition) is 2. The quantitative estimate of drug-likeness (QED) is 0.545. The Bertz CT molecular complexity index is 1010. The highest BCUT2D eigenvalue weighted by Crippen LogP contribution is 2.25. The molecule has 0 fully saturated rings. The van der Waals surface area contributed by atoms with Crippen LogP contribution in [0.4, 0.5) is 5.69 Å². The average Bonchev–Trinajstić information content (AvgIpc) is 3.19. The Balaban J connectivity index is 1.58. The van der Waals surface area contributed by atoms with E-state index in [0.29, 0.717) is 11.3 Å². The lowest BCUT2D eigenvalue weighted by Gasteiger charge is -2.06. The van der Waals surface area contributed by atoms with Gasteiger partial charge in [0.1, 0.15) is 11.3 Å². The molecule has 0 atom stereocenters. The standard InChI is InChI=1S/C19H14N2O2/c1-12(18-11-14-4-2-3-5-17(14)23-18)19(22)21-15-6-7-16-13(10-15)8-9-20-16/h2-11,20H,1H2,(H,21,22). The van der Waals surface area contributed by atoms with Crippen LogP contribution >= 0.6 is 0 Å². The van der Waals surface area contributed by atoms with Crippen molar-refractivity contribution in [1.29, 1.82) is 0 Å². The molecule has 23 heavy (non-hydrogen) atoms. The summed E-state index contributed by atoms with van der Waals surface area (Å²) in [5.74, 6) is 0.199. The summed E-state index contributed by atoms with van der Waals surface area (Å²) in [7, 11) is 0. The molecule has 0 unspecified atom stereocenters. The first-order chi connectivity index (χ1) is 11.2. The molecule has 112 valence electrons. The van der Waals surface area contributed by atoms with Crippen LogP contribution in [0.2, 0.25) is 0 Å². The fourth-order valence-corrected chi connectivity index (χ4v) is 2.58. The predicted molar refractivity (Wildman–Crippen MR) is 92.2 cm³/mol. The summed E-state index contributed by atoms with van der Waals surface area (Å²) < 4.78 is 5.68. The summed E-state index contributed by atoms with van der Waals surface area (Å²) in [6, 6.07) is 17.1. The molecule has 1 amide bonds. The van der Waals surface area contributed by atoms with E-state index in [9.17, 15) is 4.79 Å². The number of carbonyl (C=O) groups excluding carboxylic acids is 1. The van der Waals surface area contributed by atoms with Crippen molar-refractivity contribution in [2.75, 3.05) is 5.32 Å². The molecule has 4 aromatic rings. The van der Waals surface area contributed by atoms with Gasteiger partial charge in [-0.1, -0.05) is 24.8 Å². The van der Waals surface area contributed by atoms with Gasteiger partial charge < -0.3 is 14.7 Å². The first-order valence-electron chi connectivity index (χ1n) is 7.27. The van der Waals surface area contributed by atoms with Crippen LogP contribution in [-0.2, 0) is 4.79 Å². The van der Waals surface area contributed by atoms with E-state index in [1.807, 2.05) is 60.8 Å². The van der Waals surface area contributed by atoms with Crippen LogP contribution < -0.4 is 5.32 Å². The minimum absolute atomic E-state index is 0.279. The van der Waals surface area contributed by atoms with Crippen LogP contribution in [0.1, 0.15) is 5.76 Å². The van der Waals surface area contributed by atoms with Crippen LogP contribution in [0, 0.1) is 0 Å². The molecular formula is C19H14N2O2. The lowest BCUT2D eigenvalue weighted by Crippen LogP contribution is -2.12. The minimum atomic E-state index is -0.279. The van der Waals surface area contributed by atoms with E-state index in [1.54, 1.807) is 0 Å². The van der Waals surface area contributed by atoms with Crippen molar-refractivity contribution in [2.24, 2.45) is 0 Å². The molecule has 2 heterocycles. The molecular weight excluding hydrogens is 288 g/mol. The fraction of sp³-hybridized carbons (Fsp3) is 0. The van der Waals surface area contributed by atoms with Gasteiger partial charge in [0.25, 0.3) is 5.91 Å². The summed E-state index contributed by atoms with van der Waals surface area (Å²) >= 11 is 0. The second-order valence-electron chi connectivity index (χ2n) is 5.36. The van der Waals surface area contributed by atoms with Crippen LogP contribution in [0.5, 0.6) is 0 Å². The Hall–Kier alpha value is -3.27. The summed E-state index contributed by atoms with van der Waals surface area (Å²) in [6.45, 7) is 3.86. The molecule has 4 rings (SSSR count). The average molecular weight is 302 g/mol. The number of nitrogens with one attached hydrogen (secondary N) is 2. The third-order valence-electron chi connectivity index (χ3n) is 3.81. The second kappa shape index (κ2) is 5.18. The number of para-hydroxylation sites is 1. The Morgan fingerprint density at radius 2 is 1.91 bits per heavy atom. The lowest BCUT2D eigenvalue weighted by molar-refractivity contribution is -0.111. The van der Waals surface area contributed by atoms with Gasteiger partial charge in [-0.2, -0.15) is 0 Å². The highest BCUT2D eigenvalue weighted by molar-refractivity contribution is 6.24. The number of aromatic amines is 1. The number of aromatic nitrogens is 1. The van der Waals surface area contributed by atoms with Gasteiger partial charge in [0.05, 0.1) is 5.57 Å². The van der Waals surface area contributed by atoms with Crippen LogP contribution in [0.15, 0.2) is 71.8 Å². The van der Waals surface area contributed by atoms with Crippen molar-refractivity contribution in [3.63, 3.8) is 0 Å². The zero-order chi connectivity index (χ0) is 15.8. The SMILES string of the molecule is C=C(C(=O)Nc1ccc2[nH]ccc2c1)c1cc2ccccc2o1. The molecule has 2 aromatic heterocycles. The van der Waals surface area contributed by atoms with Gasteiger partial charge in [-0.25, -0.2) is 0 Å². The molecule has 4 nitrogen and oxygen atoms in total. The molecule has 0 radical (unpaired) electrons. The molecule has 0 aliphatic carbocycles. The van der Waals surface area contributed by atoms with Gasteiger partial charge in [0.15, 0.2) is 0 Å². The van der Waals surface area contributed by atoms with E-state index in [0.717, 1.165) is 27.6 Å². The third kappa shape index (κ3) is 2.40. The number of fused-ring (bicyclic) bond motifs is 2. The van der Waals surface area contributed by atoms with Crippen molar-refractivity contribution in [3.05, 3.63) is 73.1 Å². The van der Waals surface area contributed by atoms with Crippen molar-refractivity contribution < 1.29 is 9.21 Å². The highest BCUT2D eigenvalue weighted by Gasteiger charge is 2.14. The highest BCUT2D eigenvalue weighted by atomic mass is 16.3. The van der Waals surface area contributed by atoms with E-state index in [1.165, 1.54) is 0 Å². The van der Waals surface area contributed by atoms with E-state index in [2.05, 4.69) is 16.9 Å². The van der Waals surface area contributed by atoms with Crippen molar-refractivity contribution in [1.82, 2.24) is 4.98 Å². The summed E-state index contributed by atoms with van der Waals surface area (Å²) in [4.78, 5) is 15.5.